The Bertz CT molecular complexity index is 907. The number of aromatic nitrogens is 1. The molecule has 2 heterocycles. The molecule has 2 amide bonds. The Hall–Kier alpha value is -2.65. The number of hydrogen-bond donors (Lipinski definition) is 2. The first-order valence-corrected chi connectivity index (χ1v) is 10.9. The van der Waals surface area contributed by atoms with E-state index in [9.17, 15) is 9.59 Å². The quantitative estimate of drug-likeness (QED) is 0.590. The Kier molecular flexibility index (Phi) is 8.25. The molecule has 0 spiro atoms. The summed E-state index contributed by atoms with van der Waals surface area (Å²) in [7, 11) is 3.16. The van der Waals surface area contributed by atoms with Crippen molar-refractivity contribution in [3.8, 4) is 11.5 Å². The van der Waals surface area contributed by atoms with Crippen molar-refractivity contribution in [1.29, 1.82) is 0 Å². The molecule has 0 saturated carbocycles. The first-order chi connectivity index (χ1) is 15.0. The van der Waals surface area contributed by atoms with Gasteiger partial charge in [0, 0.05) is 23.8 Å². The molecule has 8 nitrogen and oxygen atoms in total. The zero-order valence-corrected chi connectivity index (χ0v) is 19.3. The first kappa shape index (κ1) is 23.0. The minimum absolute atomic E-state index is 0.0646. The average Bonchev–Trinajstić information content (AvgIpc) is 2.79. The predicted molar refractivity (Wildman–Crippen MR) is 121 cm³/mol. The Morgan fingerprint density at radius 1 is 1.19 bits per heavy atom. The number of rotatable bonds is 8. The highest BCUT2D eigenvalue weighted by Crippen LogP contribution is 2.27. The summed E-state index contributed by atoms with van der Waals surface area (Å²) in [5.74, 6) is 1.49. The zero-order chi connectivity index (χ0) is 22.2. The standard InChI is InChI=1S/C22H27BrN4O4/c1-30-18-7-5-15(10-19(18)31-2)11-25-21(28)14-27-9-3-4-16(13-27)22(29)26-20-8-6-17(23)12-24-20/h5-8,10,12,16H,3-4,9,11,13-14H2,1-2H3,(H,25,28)(H,24,26,29). The van der Waals surface area contributed by atoms with Gasteiger partial charge in [-0.25, -0.2) is 4.98 Å². The Labute approximate surface area is 190 Å². The molecule has 1 aliphatic rings. The third-order valence-electron chi connectivity index (χ3n) is 5.16. The van der Waals surface area contributed by atoms with Crippen molar-refractivity contribution in [2.45, 2.75) is 19.4 Å². The molecule has 2 aromatic rings. The molecule has 3 rings (SSSR count). The molecular formula is C22H27BrN4O4. The monoisotopic (exact) mass is 490 g/mol. The molecular weight excluding hydrogens is 464 g/mol. The highest BCUT2D eigenvalue weighted by atomic mass is 79.9. The van der Waals surface area contributed by atoms with Crippen molar-refractivity contribution in [3.63, 3.8) is 0 Å². The van der Waals surface area contributed by atoms with Gasteiger partial charge in [-0.3, -0.25) is 14.5 Å². The van der Waals surface area contributed by atoms with Crippen molar-refractivity contribution in [3.05, 3.63) is 46.6 Å². The summed E-state index contributed by atoms with van der Waals surface area (Å²) >= 11 is 3.33. The van der Waals surface area contributed by atoms with Gasteiger partial charge in [-0.05, 0) is 65.1 Å². The lowest BCUT2D eigenvalue weighted by molar-refractivity contribution is -0.125. The number of ether oxygens (including phenoxy) is 2. The van der Waals surface area contributed by atoms with E-state index >= 15 is 0 Å². The van der Waals surface area contributed by atoms with Gasteiger partial charge < -0.3 is 20.1 Å². The number of pyridine rings is 1. The maximum atomic E-state index is 12.6. The summed E-state index contributed by atoms with van der Waals surface area (Å²) in [6, 6.07) is 9.13. The van der Waals surface area contributed by atoms with Crippen LogP contribution >= 0.6 is 15.9 Å². The van der Waals surface area contributed by atoms with Gasteiger partial charge in [0.15, 0.2) is 11.5 Å². The molecule has 0 radical (unpaired) electrons. The van der Waals surface area contributed by atoms with Crippen LogP contribution in [0.2, 0.25) is 0 Å². The summed E-state index contributed by atoms with van der Waals surface area (Å²) in [4.78, 5) is 31.2. The lowest BCUT2D eigenvalue weighted by atomic mass is 9.97. The van der Waals surface area contributed by atoms with Crippen molar-refractivity contribution < 1.29 is 19.1 Å². The summed E-state index contributed by atoms with van der Waals surface area (Å²) in [6.45, 7) is 2.00. The van der Waals surface area contributed by atoms with Crippen LogP contribution < -0.4 is 20.1 Å². The van der Waals surface area contributed by atoms with Gasteiger partial charge in [-0.15, -0.1) is 0 Å². The average molecular weight is 491 g/mol. The van der Waals surface area contributed by atoms with Crippen LogP contribution in [0, 0.1) is 5.92 Å². The minimum atomic E-state index is -0.169. The second-order valence-corrected chi connectivity index (χ2v) is 8.31. The maximum absolute atomic E-state index is 12.6. The molecule has 166 valence electrons. The van der Waals surface area contributed by atoms with Crippen LogP contribution in [0.3, 0.4) is 0 Å². The second kappa shape index (κ2) is 11.1. The number of nitrogens with one attached hydrogen (secondary N) is 2. The van der Waals surface area contributed by atoms with Crippen molar-refractivity contribution in [1.82, 2.24) is 15.2 Å². The van der Waals surface area contributed by atoms with Crippen molar-refractivity contribution >= 4 is 33.6 Å². The van der Waals surface area contributed by atoms with E-state index in [4.69, 9.17) is 9.47 Å². The zero-order valence-electron chi connectivity index (χ0n) is 17.7. The van der Waals surface area contributed by atoms with E-state index in [0.29, 0.717) is 30.4 Å². The number of carbonyl (C=O) groups is 2. The Balaban J connectivity index is 1.47. The molecule has 2 N–H and O–H groups in total. The van der Waals surface area contributed by atoms with Gasteiger partial charge in [0.1, 0.15) is 5.82 Å². The highest BCUT2D eigenvalue weighted by molar-refractivity contribution is 9.10. The molecule has 1 fully saturated rings. The molecule has 1 unspecified atom stereocenters. The molecule has 1 aromatic carbocycles. The second-order valence-electron chi connectivity index (χ2n) is 7.39. The molecule has 31 heavy (non-hydrogen) atoms. The van der Waals surface area contributed by atoms with E-state index in [0.717, 1.165) is 29.4 Å². The van der Waals surface area contributed by atoms with Gasteiger partial charge in [-0.1, -0.05) is 6.07 Å². The van der Waals surface area contributed by atoms with Crippen LogP contribution in [0.1, 0.15) is 18.4 Å². The number of hydrogen-bond acceptors (Lipinski definition) is 6. The topological polar surface area (TPSA) is 92.8 Å². The van der Waals surface area contributed by atoms with E-state index in [1.54, 1.807) is 26.5 Å². The number of benzene rings is 1. The van der Waals surface area contributed by atoms with E-state index in [1.807, 2.05) is 29.2 Å². The smallest absolute Gasteiger partial charge is 0.234 e. The molecule has 1 aromatic heterocycles. The van der Waals surface area contributed by atoms with Crippen LogP contribution in [-0.4, -0.2) is 55.6 Å². The molecule has 0 bridgehead atoms. The minimum Gasteiger partial charge on any atom is -0.493 e. The summed E-state index contributed by atoms with van der Waals surface area (Å²) in [6.07, 6.45) is 3.31. The summed E-state index contributed by atoms with van der Waals surface area (Å²) in [5.41, 5.74) is 0.920. The Morgan fingerprint density at radius 3 is 2.71 bits per heavy atom. The van der Waals surface area contributed by atoms with Gasteiger partial charge >= 0.3 is 0 Å². The fourth-order valence-corrected chi connectivity index (χ4v) is 3.78. The SMILES string of the molecule is COc1ccc(CNC(=O)CN2CCCC(C(=O)Nc3ccc(Br)cn3)C2)cc1OC. The van der Waals surface area contributed by atoms with Crippen LogP contribution in [-0.2, 0) is 16.1 Å². The third kappa shape index (κ3) is 6.67. The van der Waals surface area contributed by atoms with Gasteiger partial charge in [0.25, 0.3) is 0 Å². The lowest BCUT2D eigenvalue weighted by Crippen LogP contribution is -2.45. The number of anilines is 1. The van der Waals surface area contributed by atoms with E-state index < -0.39 is 0 Å². The van der Waals surface area contributed by atoms with Crippen LogP contribution in [0.25, 0.3) is 0 Å². The van der Waals surface area contributed by atoms with E-state index in [2.05, 4.69) is 31.5 Å². The molecule has 9 heteroatoms. The largest absolute Gasteiger partial charge is 0.493 e. The lowest BCUT2D eigenvalue weighted by Gasteiger charge is -2.31. The fourth-order valence-electron chi connectivity index (χ4n) is 3.54. The first-order valence-electron chi connectivity index (χ1n) is 10.1. The predicted octanol–water partition coefficient (Wildman–Crippen LogP) is 2.83. The number of carbonyl (C=O) groups excluding carboxylic acids is 2. The van der Waals surface area contributed by atoms with Crippen molar-refractivity contribution in [2.24, 2.45) is 5.92 Å². The normalized spacial score (nSPS) is 16.4. The van der Waals surface area contributed by atoms with Gasteiger partial charge in [0.2, 0.25) is 11.8 Å². The van der Waals surface area contributed by atoms with E-state index in [-0.39, 0.29) is 24.3 Å². The van der Waals surface area contributed by atoms with Gasteiger partial charge in [0.05, 0.1) is 26.7 Å². The number of halogens is 1. The van der Waals surface area contributed by atoms with E-state index in [1.165, 1.54) is 0 Å². The molecule has 0 aliphatic carbocycles. The molecule has 1 atom stereocenters. The highest BCUT2D eigenvalue weighted by Gasteiger charge is 2.27. The maximum Gasteiger partial charge on any atom is 0.234 e. The number of piperidine rings is 1. The van der Waals surface area contributed by atoms with Crippen LogP contribution in [0.5, 0.6) is 11.5 Å². The number of amides is 2. The molecule has 1 saturated heterocycles. The third-order valence-corrected chi connectivity index (χ3v) is 5.63. The fraction of sp³-hybridized carbons (Fsp3) is 0.409. The number of likely N-dealkylation sites (tertiary alicyclic amines) is 1. The van der Waals surface area contributed by atoms with Gasteiger partial charge in [-0.2, -0.15) is 0 Å². The summed E-state index contributed by atoms with van der Waals surface area (Å²) in [5, 5.41) is 5.79. The number of nitrogens with zero attached hydrogens (tertiary/aromatic N) is 2. The molecule has 1 aliphatic heterocycles. The Morgan fingerprint density at radius 2 is 2.00 bits per heavy atom. The summed E-state index contributed by atoms with van der Waals surface area (Å²) < 4.78 is 11.4. The number of methoxy groups -OCH3 is 2. The van der Waals surface area contributed by atoms with Crippen molar-refractivity contribution in [2.75, 3.05) is 39.2 Å². The van der Waals surface area contributed by atoms with Crippen LogP contribution in [0.15, 0.2) is 41.0 Å². The van der Waals surface area contributed by atoms with Crippen LogP contribution in [0.4, 0.5) is 5.82 Å².